The van der Waals surface area contributed by atoms with Gasteiger partial charge in [-0.15, -0.1) is 0 Å². The van der Waals surface area contributed by atoms with E-state index >= 15 is 0 Å². The van der Waals surface area contributed by atoms with Crippen LogP contribution < -0.4 is 0 Å². The largest absolute Gasteiger partial charge is 0.373 e. The lowest BCUT2D eigenvalue weighted by Gasteiger charge is -2.24. The number of benzene rings is 2. The van der Waals surface area contributed by atoms with E-state index in [9.17, 15) is 0 Å². The van der Waals surface area contributed by atoms with Gasteiger partial charge in [0.25, 0.3) is 0 Å². The van der Waals surface area contributed by atoms with Gasteiger partial charge < -0.3 is 4.74 Å². The van der Waals surface area contributed by atoms with E-state index in [1.165, 1.54) is 123 Å². The summed E-state index contributed by atoms with van der Waals surface area (Å²) in [6.07, 6.45) is 22.5. The predicted octanol–water partition coefficient (Wildman–Crippen LogP) is 9.63. The van der Waals surface area contributed by atoms with Gasteiger partial charge in [-0.3, -0.25) is 0 Å². The first-order chi connectivity index (χ1) is 18.2. The molecule has 0 bridgehead atoms. The molecule has 2 atom stereocenters. The summed E-state index contributed by atoms with van der Waals surface area (Å²) in [5.41, 5.74) is 9.01. The highest BCUT2D eigenvalue weighted by molar-refractivity contribution is 5.24. The first-order valence-corrected chi connectivity index (χ1v) is 15.3. The van der Waals surface area contributed by atoms with E-state index in [2.05, 4.69) is 74.5 Å². The molecule has 0 amide bonds. The average molecular weight is 499 g/mol. The van der Waals surface area contributed by atoms with Crippen LogP contribution in [0.4, 0.5) is 0 Å². The highest BCUT2D eigenvalue weighted by Crippen LogP contribution is 2.29. The lowest BCUT2D eigenvalue weighted by atomic mass is 9.85. The molecular weight excluding hydrogens is 448 g/mol. The Labute approximate surface area is 227 Å². The molecule has 0 saturated carbocycles. The van der Waals surface area contributed by atoms with Gasteiger partial charge >= 0.3 is 0 Å². The Hall–Kier alpha value is -2.12. The third-order valence-corrected chi connectivity index (χ3v) is 8.61. The van der Waals surface area contributed by atoms with Gasteiger partial charge in [0, 0.05) is 0 Å². The third-order valence-electron chi connectivity index (χ3n) is 8.61. The lowest BCUT2D eigenvalue weighted by Crippen LogP contribution is -2.13. The summed E-state index contributed by atoms with van der Waals surface area (Å²) >= 11 is 0. The second kappa shape index (κ2) is 15.3. The van der Waals surface area contributed by atoms with Crippen LogP contribution in [0.1, 0.15) is 100 Å². The molecule has 0 radical (unpaired) electrons. The SMILES string of the molecule is CCCc1ccc(CCC2CC=C(COCC3=CCC(CCc4ccc(CCC)cc4)CC3)CC2)cc1. The predicted molar refractivity (Wildman–Crippen MR) is 159 cm³/mol. The number of hydrogen-bond donors (Lipinski definition) is 0. The van der Waals surface area contributed by atoms with E-state index in [0.29, 0.717) is 0 Å². The zero-order chi connectivity index (χ0) is 25.7. The number of rotatable bonds is 14. The second-order valence-electron chi connectivity index (χ2n) is 11.7. The van der Waals surface area contributed by atoms with Crippen molar-refractivity contribution in [2.75, 3.05) is 13.2 Å². The molecule has 1 nitrogen and oxygen atoms in total. The van der Waals surface area contributed by atoms with Gasteiger partial charge in [0.05, 0.1) is 13.2 Å². The van der Waals surface area contributed by atoms with E-state index in [1.807, 2.05) is 0 Å². The first kappa shape index (κ1) is 27.9. The maximum atomic E-state index is 6.17. The molecule has 0 spiro atoms. The molecule has 2 aromatic rings. The standard InChI is InChI=1S/C36H50O/c1-3-5-29-7-11-31(12-8-29)15-17-33-19-23-35(24-20-33)27-37-28-36-25-21-34(22-26-36)18-16-32-13-9-30(6-4-2)10-14-32/h7-14,23,25,33-34H,3-6,15-22,24,26-28H2,1-2H3. The lowest BCUT2D eigenvalue weighted by molar-refractivity contribution is 0.169. The van der Waals surface area contributed by atoms with Crippen molar-refractivity contribution in [1.82, 2.24) is 0 Å². The second-order valence-corrected chi connectivity index (χ2v) is 11.7. The van der Waals surface area contributed by atoms with E-state index in [1.54, 1.807) is 0 Å². The van der Waals surface area contributed by atoms with Crippen molar-refractivity contribution in [1.29, 1.82) is 0 Å². The van der Waals surface area contributed by atoms with Gasteiger partial charge in [0.15, 0.2) is 0 Å². The minimum atomic E-state index is 0.834. The topological polar surface area (TPSA) is 9.23 Å². The van der Waals surface area contributed by atoms with Crippen LogP contribution >= 0.6 is 0 Å². The Morgan fingerprint density at radius 1 is 0.568 bits per heavy atom. The molecule has 37 heavy (non-hydrogen) atoms. The van der Waals surface area contributed by atoms with E-state index < -0.39 is 0 Å². The molecule has 1 heteroatoms. The summed E-state index contributed by atoms with van der Waals surface area (Å²) < 4.78 is 6.17. The molecule has 0 aliphatic heterocycles. The van der Waals surface area contributed by atoms with Gasteiger partial charge in [0.1, 0.15) is 0 Å². The van der Waals surface area contributed by atoms with E-state index in [0.717, 1.165) is 25.0 Å². The summed E-state index contributed by atoms with van der Waals surface area (Å²) in [6, 6.07) is 18.7. The normalized spacial score (nSPS) is 19.9. The summed E-state index contributed by atoms with van der Waals surface area (Å²) in [5.74, 6) is 1.68. The fourth-order valence-electron chi connectivity index (χ4n) is 6.05. The Morgan fingerprint density at radius 2 is 0.946 bits per heavy atom. The molecule has 2 aliphatic carbocycles. The number of ether oxygens (including phenoxy) is 1. The summed E-state index contributed by atoms with van der Waals surface area (Å²) in [5, 5.41) is 0. The molecule has 200 valence electrons. The van der Waals surface area contributed by atoms with Gasteiger partial charge in [-0.1, -0.05) is 87.4 Å². The summed E-state index contributed by atoms with van der Waals surface area (Å²) in [4.78, 5) is 0. The van der Waals surface area contributed by atoms with Crippen LogP contribution in [0.25, 0.3) is 0 Å². The minimum Gasteiger partial charge on any atom is -0.373 e. The van der Waals surface area contributed by atoms with Crippen molar-refractivity contribution in [3.63, 3.8) is 0 Å². The highest BCUT2D eigenvalue weighted by atomic mass is 16.5. The molecule has 2 aliphatic rings. The van der Waals surface area contributed by atoms with Crippen molar-refractivity contribution >= 4 is 0 Å². The minimum absolute atomic E-state index is 0.834. The first-order valence-electron chi connectivity index (χ1n) is 15.3. The number of hydrogen-bond acceptors (Lipinski definition) is 1. The molecule has 2 aromatic carbocycles. The van der Waals surface area contributed by atoms with Gasteiger partial charge in [0.2, 0.25) is 0 Å². The van der Waals surface area contributed by atoms with Gasteiger partial charge in [-0.2, -0.15) is 0 Å². The molecule has 0 fully saturated rings. The highest BCUT2D eigenvalue weighted by Gasteiger charge is 2.17. The molecule has 0 N–H and O–H groups in total. The van der Waals surface area contributed by atoms with Crippen molar-refractivity contribution in [3.05, 3.63) is 94.1 Å². The average Bonchev–Trinajstić information content (AvgIpc) is 2.94. The smallest absolute Gasteiger partial charge is 0.0681 e. The van der Waals surface area contributed by atoms with Crippen LogP contribution in [0, 0.1) is 11.8 Å². The molecule has 0 heterocycles. The van der Waals surface area contributed by atoms with Gasteiger partial charge in [-0.05, 0) is 122 Å². The van der Waals surface area contributed by atoms with Crippen molar-refractivity contribution in [3.8, 4) is 0 Å². The number of aryl methyl sites for hydroxylation is 4. The monoisotopic (exact) mass is 498 g/mol. The fraction of sp³-hybridized carbons (Fsp3) is 0.556. The molecule has 4 rings (SSSR count). The maximum Gasteiger partial charge on any atom is 0.0681 e. The van der Waals surface area contributed by atoms with Crippen molar-refractivity contribution in [2.24, 2.45) is 11.8 Å². The quantitative estimate of drug-likeness (QED) is 0.236. The molecule has 0 aromatic heterocycles. The van der Waals surface area contributed by atoms with Crippen LogP contribution in [-0.2, 0) is 30.4 Å². The zero-order valence-electron chi connectivity index (χ0n) is 23.7. The van der Waals surface area contributed by atoms with Crippen LogP contribution in [0.5, 0.6) is 0 Å². The number of allylic oxidation sites excluding steroid dienone is 2. The van der Waals surface area contributed by atoms with E-state index in [4.69, 9.17) is 4.74 Å². The van der Waals surface area contributed by atoms with Crippen LogP contribution in [-0.4, -0.2) is 13.2 Å². The van der Waals surface area contributed by atoms with Crippen LogP contribution in [0.3, 0.4) is 0 Å². The van der Waals surface area contributed by atoms with E-state index in [-0.39, 0.29) is 0 Å². The molecule has 0 saturated heterocycles. The van der Waals surface area contributed by atoms with Gasteiger partial charge in [-0.25, -0.2) is 0 Å². The fourth-order valence-corrected chi connectivity index (χ4v) is 6.05. The zero-order valence-corrected chi connectivity index (χ0v) is 23.7. The maximum absolute atomic E-state index is 6.17. The Morgan fingerprint density at radius 3 is 1.27 bits per heavy atom. The Bertz CT molecular complexity index is 897. The van der Waals surface area contributed by atoms with Crippen LogP contribution in [0.2, 0.25) is 0 Å². The third kappa shape index (κ3) is 9.60. The molecular formula is C36H50O. The van der Waals surface area contributed by atoms with Crippen LogP contribution in [0.15, 0.2) is 71.8 Å². The summed E-state index contributed by atoms with van der Waals surface area (Å²) in [6.45, 7) is 6.17. The van der Waals surface area contributed by atoms with Crippen molar-refractivity contribution in [2.45, 2.75) is 104 Å². The van der Waals surface area contributed by atoms with Crippen molar-refractivity contribution < 1.29 is 4.74 Å². The molecule has 2 unspecified atom stereocenters. The Kier molecular flexibility index (Phi) is 11.6. The summed E-state index contributed by atoms with van der Waals surface area (Å²) in [7, 11) is 0. The Balaban J connectivity index is 1.08.